The summed E-state index contributed by atoms with van der Waals surface area (Å²) in [4.78, 5) is 29.3. The van der Waals surface area contributed by atoms with Crippen molar-refractivity contribution in [2.45, 2.75) is 25.7 Å². The second-order valence-electron chi connectivity index (χ2n) is 5.80. The van der Waals surface area contributed by atoms with E-state index in [1.807, 2.05) is 12.1 Å². The molecule has 3 heterocycles. The highest BCUT2D eigenvalue weighted by Gasteiger charge is 2.26. The number of nitrogens with one attached hydrogen (secondary N) is 1. The van der Waals surface area contributed by atoms with Gasteiger partial charge < -0.3 is 16.0 Å². The number of nitrogens with two attached hydrogens (primary N) is 1. The fourth-order valence-corrected chi connectivity index (χ4v) is 2.94. The highest BCUT2D eigenvalue weighted by Crippen LogP contribution is 2.27. The Kier molecular flexibility index (Phi) is 4.14. The van der Waals surface area contributed by atoms with Gasteiger partial charge in [0.05, 0.1) is 24.0 Å². The van der Waals surface area contributed by atoms with Gasteiger partial charge in [-0.15, -0.1) is 0 Å². The molecule has 1 fully saturated rings. The van der Waals surface area contributed by atoms with Crippen LogP contribution in [0.3, 0.4) is 0 Å². The molecule has 1 aliphatic rings. The number of carbonyl (C=O) groups excluding carboxylic acids is 2. The van der Waals surface area contributed by atoms with Crippen LogP contribution in [-0.4, -0.2) is 50.9 Å². The van der Waals surface area contributed by atoms with E-state index in [1.54, 1.807) is 15.6 Å². The average molecular weight is 316 g/mol. The average Bonchev–Trinajstić information content (AvgIpc) is 3.01. The van der Waals surface area contributed by atoms with Crippen LogP contribution in [0.2, 0.25) is 0 Å². The number of nitrogen functional groups attached to an aromatic ring is 1. The number of carbonyl (C=O) groups is 2. The molecule has 122 valence electrons. The molecule has 2 aromatic rings. The van der Waals surface area contributed by atoms with Crippen LogP contribution in [0, 0.1) is 0 Å². The molecule has 1 saturated heterocycles. The van der Waals surface area contributed by atoms with Crippen LogP contribution in [0.5, 0.6) is 0 Å². The molecule has 0 bridgehead atoms. The smallest absolute Gasteiger partial charge is 0.241 e. The van der Waals surface area contributed by atoms with Crippen LogP contribution >= 0.6 is 0 Å². The van der Waals surface area contributed by atoms with E-state index in [4.69, 9.17) is 5.73 Å². The van der Waals surface area contributed by atoms with Gasteiger partial charge in [0.2, 0.25) is 17.8 Å². The maximum absolute atomic E-state index is 12.2. The Hall–Kier alpha value is -2.64. The van der Waals surface area contributed by atoms with Gasteiger partial charge >= 0.3 is 0 Å². The first-order chi connectivity index (χ1) is 11.0. The molecular formula is C15H20N6O2. The monoisotopic (exact) mass is 316 g/mol. The van der Waals surface area contributed by atoms with E-state index >= 15 is 0 Å². The van der Waals surface area contributed by atoms with Crippen LogP contribution in [0.1, 0.15) is 31.4 Å². The topological polar surface area (TPSA) is 106 Å². The molecule has 8 nitrogen and oxygen atoms in total. The van der Waals surface area contributed by atoms with Gasteiger partial charge in [-0.25, -0.2) is 9.50 Å². The van der Waals surface area contributed by atoms with Gasteiger partial charge in [0.25, 0.3) is 0 Å². The zero-order valence-electron chi connectivity index (χ0n) is 13.0. The second-order valence-corrected chi connectivity index (χ2v) is 5.80. The van der Waals surface area contributed by atoms with Crippen LogP contribution in [-0.2, 0) is 9.59 Å². The lowest BCUT2D eigenvalue weighted by Gasteiger charge is -2.32. The van der Waals surface area contributed by atoms with E-state index in [0.29, 0.717) is 19.0 Å². The van der Waals surface area contributed by atoms with Gasteiger partial charge in [-0.3, -0.25) is 9.59 Å². The Balaban J connectivity index is 1.74. The Bertz CT molecular complexity index is 741. The third kappa shape index (κ3) is 3.25. The Labute approximate surface area is 133 Å². The largest absolute Gasteiger partial charge is 0.368 e. The number of hydrogen-bond acceptors (Lipinski definition) is 5. The fourth-order valence-electron chi connectivity index (χ4n) is 2.94. The molecule has 1 aliphatic heterocycles. The Morgan fingerprint density at radius 3 is 3.09 bits per heavy atom. The molecule has 0 unspecified atom stereocenters. The van der Waals surface area contributed by atoms with Crippen LogP contribution < -0.4 is 11.1 Å². The predicted molar refractivity (Wildman–Crippen MR) is 84.6 cm³/mol. The molecule has 0 aliphatic carbocycles. The van der Waals surface area contributed by atoms with E-state index in [0.717, 1.165) is 24.1 Å². The normalized spacial score (nSPS) is 18.1. The number of fused-ring (bicyclic) bond motifs is 1. The van der Waals surface area contributed by atoms with Crippen molar-refractivity contribution in [3.8, 4) is 0 Å². The van der Waals surface area contributed by atoms with Gasteiger partial charge in [-0.05, 0) is 25.0 Å². The van der Waals surface area contributed by atoms with Crippen LogP contribution in [0.4, 0.5) is 5.95 Å². The zero-order chi connectivity index (χ0) is 16.4. The first-order valence-electron chi connectivity index (χ1n) is 7.67. The number of hydrogen-bond donors (Lipinski definition) is 2. The van der Waals surface area contributed by atoms with Crippen molar-refractivity contribution in [2.24, 2.45) is 0 Å². The molecule has 1 atom stereocenters. The van der Waals surface area contributed by atoms with Crippen molar-refractivity contribution < 1.29 is 9.59 Å². The summed E-state index contributed by atoms with van der Waals surface area (Å²) in [5.41, 5.74) is 7.72. The van der Waals surface area contributed by atoms with Gasteiger partial charge in [0.15, 0.2) is 0 Å². The minimum Gasteiger partial charge on any atom is -0.368 e. The molecule has 0 aromatic carbocycles. The molecule has 0 radical (unpaired) electrons. The maximum atomic E-state index is 12.2. The summed E-state index contributed by atoms with van der Waals surface area (Å²) in [6.45, 7) is 2.74. The lowest BCUT2D eigenvalue weighted by Crippen LogP contribution is -2.44. The summed E-state index contributed by atoms with van der Waals surface area (Å²) in [7, 11) is 0. The van der Waals surface area contributed by atoms with E-state index in [9.17, 15) is 9.59 Å². The first kappa shape index (κ1) is 15.3. The second kappa shape index (κ2) is 6.23. The highest BCUT2D eigenvalue weighted by molar-refractivity contribution is 5.83. The number of likely N-dealkylation sites (tertiary alicyclic amines) is 1. The summed E-state index contributed by atoms with van der Waals surface area (Å²) in [5.74, 6) is 0.229. The van der Waals surface area contributed by atoms with Crippen molar-refractivity contribution >= 4 is 23.3 Å². The SMILES string of the molecule is CC(=O)NCC(=O)N1CCC[C@H](c2cc3ccnn3c(N)n2)C1. The quantitative estimate of drug-likeness (QED) is 0.838. The number of amides is 2. The fraction of sp³-hybridized carbons (Fsp3) is 0.467. The summed E-state index contributed by atoms with van der Waals surface area (Å²) in [6.07, 6.45) is 3.55. The molecule has 2 aromatic heterocycles. The molecule has 0 saturated carbocycles. The predicted octanol–water partition coefficient (Wildman–Crippen LogP) is 0.154. The third-order valence-electron chi connectivity index (χ3n) is 4.11. The van der Waals surface area contributed by atoms with E-state index < -0.39 is 0 Å². The van der Waals surface area contributed by atoms with Gasteiger partial charge in [-0.1, -0.05) is 0 Å². The first-order valence-corrected chi connectivity index (χ1v) is 7.67. The number of piperidine rings is 1. The van der Waals surface area contributed by atoms with Crippen molar-refractivity contribution in [3.05, 3.63) is 24.0 Å². The molecule has 3 N–H and O–H groups in total. The third-order valence-corrected chi connectivity index (χ3v) is 4.11. The van der Waals surface area contributed by atoms with Crippen molar-refractivity contribution in [2.75, 3.05) is 25.4 Å². The van der Waals surface area contributed by atoms with Crippen molar-refractivity contribution in [1.29, 1.82) is 0 Å². The molecule has 23 heavy (non-hydrogen) atoms. The maximum Gasteiger partial charge on any atom is 0.241 e. The van der Waals surface area contributed by atoms with Crippen LogP contribution in [0.15, 0.2) is 18.3 Å². The minimum absolute atomic E-state index is 0.0410. The molecule has 0 spiro atoms. The summed E-state index contributed by atoms with van der Waals surface area (Å²) in [6, 6.07) is 3.85. The number of nitrogens with zero attached hydrogens (tertiary/aromatic N) is 4. The summed E-state index contributed by atoms with van der Waals surface area (Å²) in [5, 5.41) is 6.66. The zero-order valence-corrected chi connectivity index (χ0v) is 13.0. The summed E-state index contributed by atoms with van der Waals surface area (Å²) >= 11 is 0. The lowest BCUT2D eigenvalue weighted by molar-refractivity contribution is -0.133. The van der Waals surface area contributed by atoms with Gasteiger partial charge in [0, 0.05) is 25.9 Å². The molecule has 3 rings (SSSR count). The Morgan fingerprint density at radius 1 is 1.48 bits per heavy atom. The van der Waals surface area contributed by atoms with Gasteiger partial charge in [0.1, 0.15) is 0 Å². The lowest BCUT2D eigenvalue weighted by atomic mass is 9.94. The van der Waals surface area contributed by atoms with Crippen molar-refractivity contribution in [1.82, 2.24) is 24.8 Å². The Morgan fingerprint density at radius 2 is 2.30 bits per heavy atom. The van der Waals surface area contributed by atoms with Crippen LogP contribution in [0.25, 0.3) is 5.52 Å². The highest BCUT2D eigenvalue weighted by atomic mass is 16.2. The van der Waals surface area contributed by atoms with E-state index in [1.165, 1.54) is 6.92 Å². The van der Waals surface area contributed by atoms with Gasteiger partial charge in [-0.2, -0.15) is 5.10 Å². The van der Waals surface area contributed by atoms with E-state index in [2.05, 4.69) is 15.4 Å². The standard InChI is InChI=1S/C15H20N6O2/c1-10(22)17-8-14(23)20-6-2-3-11(9-20)13-7-12-4-5-18-21(12)15(16)19-13/h4-5,7,11H,2-3,6,8-9H2,1H3,(H2,16,19)(H,17,22)/t11-/m0/s1. The minimum atomic E-state index is -0.201. The van der Waals surface area contributed by atoms with E-state index in [-0.39, 0.29) is 24.3 Å². The number of aromatic nitrogens is 3. The molecule has 2 amide bonds. The van der Waals surface area contributed by atoms with Crippen molar-refractivity contribution in [3.63, 3.8) is 0 Å². The molecular weight excluding hydrogens is 296 g/mol. The summed E-state index contributed by atoms with van der Waals surface area (Å²) < 4.78 is 1.59. The number of anilines is 1. The molecule has 8 heteroatoms. The number of rotatable bonds is 3.